The molecule has 0 amide bonds. The van der Waals surface area contributed by atoms with E-state index in [2.05, 4.69) is 4.98 Å². The lowest BCUT2D eigenvalue weighted by atomic mass is 10.1. The summed E-state index contributed by atoms with van der Waals surface area (Å²) in [5.74, 6) is -0.951. The lowest BCUT2D eigenvalue weighted by Crippen LogP contribution is -2.38. The first-order chi connectivity index (χ1) is 8.74. The number of aromatic nitrogens is 1. The SMILES string of the molecule is O=C(O)c1ccncc1N1CCCCCC1CO. The van der Waals surface area contributed by atoms with Crippen molar-refractivity contribution in [2.24, 2.45) is 0 Å². The molecule has 0 radical (unpaired) electrons. The van der Waals surface area contributed by atoms with E-state index in [1.54, 1.807) is 6.20 Å². The molecule has 1 aliphatic heterocycles. The van der Waals surface area contributed by atoms with Crippen molar-refractivity contribution in [2.75, 3.05) is 18.1 Å². The highest BCUT2D eigenvalue weighted by molar-refractivity contribution is 5.94. The van der Waals surface area contributed by atoms with Crippen molar-refractivity contribution in [3.63, 3.8) is 0 Å². The number of anilines is 1. The van der Waals surface area contributed by atoms with E-state index in [0.717, 1.165) is 32.2 Å². The zero-order chi connectivity index (χ0) is 13.0. The molecule has 2 N–H and O–H groups in total. The van der Waals surface area contributed by atoms with Crippen molar-refractivity contribution in [2.45, 2.75) is 31.7 Å². The van der Waals surface area contributed by atoms with E-state index in [1.165, 1.54) is 12.3 Å². The van der Waals surface area contributed by atoms with Gasteiger partial charge in [-0.1, -0.05) is 12.8 Å². The van der Waals surface area contributed by atoms with Gasteiger partial charge in [0.15, 0.2) is 0 Å². The number of aliphatic hydroxyl groups is 1. The highest BCUT2D eigenvalue weighted by atomic mass is 16.4. The van der Waals surface area contributed by atoms with Gasteiger partial charge in [0.2, 0.25) is 0 Å². The Morgan fingerprint density at radius 1 is 1.44 bits per heavy atom. The van der Waals surface area contributed by atoms with Gasteiger partial charge in [-0.05, 0) is 18.9 Å². The maximum atomic E-state index is 11.2. The zero-order valence-corrected chi connectivity index (χ0v) is 10.2. The van der Waals surface area contributed by atoms with Crippen LogP contribution >= 0.6 is 0 Å². The fourth-order valence-electron chi connectivity index (χ4n) is 2.48. The number of nitrogens with zero attached hydrogens (tertiary/aromatic N) is 2. The third kappa shape index (κ3) is 2.61. The van der Waals surface area contributed by atoms with Crippen LogP contribution in [-0.2, 0) is 0 Å². The molecule has 0 spiro atoms. The Morgan fingerprint density at radius 3 is 3.00 bits per heavy atom. The van der Waals surface area contributed by atoms with Crippen LogP contribution in [0.4, 0.5) is 5.69 Å². The number of pyridine rings is 1. The van der Waals surface area contributed by atoms with Crippen LogP contribution in [0.1, 0.15) is 36.0 Å². The predicted octanol–water partition coefficient (Wildman–Crippen LogP) is 1.52. The van der Waals surface area contributed by atoms with Crippen molar-refractivity contribution in [1.82, 2.24) is 4.98 Å². The first kappa shape index (κ1) is 12.8. The van der Waals surface area contributed by atoms with E-state index >= 15 is 0 Å². The summed E-state index contributed by atoms with van der Waals surface area (Å²) in [5.41, 5.74) is 0.872. The Morgan fingerprint density at radius 2 is 2.28 bits per heavy atom. The lowest BCUT2D eigenvalue weighted by molar-refractivity contribution is 0.0697. The highest BCUT2D eigenvalue weighted by Gasteiger charge is 2.24. The van der Waals surface area contributed by atoms with E-state index in [9.17, 15) is 15.0 Å². The molecule has 2 heterocycles. The molecule has 1 aliphatic rings. The first-order valence-electron chi connectivity index (χ1n) is 6.29. The average molecular weight is 250 g/mol. The summed E-state index contributed by atoms with van der Waals surface area (Å²) in [5, 5.41) is 18.7. The normalized spacial score (nSPS) is 20.5. The molecule has 5 heteroatoms. The van der Waals surface area contributed by atoms with E-state index in [0.29, 0.717) is 5.69 Å². The number of hydrogen-bond donors (Lipinski definition) is 2. The maximum Gasteiger partial charge on any atom is 0.337 e. The molecule has 0 aliphatic carbocycles. The van der Waals surface area contributed by atoms with E-state index < -0.39 is 5.97 Å². The summed E-state index contributed by atoms with van der Waals surface area (Å²) >= 11 is 0. The number of carboxylic acids is 1. The van der Waals surface area contributed by atoms with Gasteiger partial charge in [-0.2, -0.15) is 0 Å². The minimum absolute atomic E-state index is 0.00481. The molecule has 1 fully saturated rings. The molecule has 1 atom stereocenters. The van der Waals surface area contributed by atoms with Crippen molar-refractivity contribution < 1.29 is 15.0 Å². The molecule has 0 aromatic carbocycles. The third-order valence-electron chi connectivity index (χ3n) is 3.43. The molecule has 18 heavy (non-hydrogen) atoms. The van der Waals surface area contributed by atoms with Crippen LogP contribution in [0.5, 0.6) is 0 Å². The molecule has 1 aromatic heterocycles. The van der Waals surface area contributed by atoms with Crippen LogP contribution in [0.15, 0.2) is 18.5 Å². The topological polar surface area (TPSA) is 73.7 Å². The van der Waals surface area contributed by atoms with Gasteiger partial charge in [0.25, 0.3) is 0 Å². The number of carbonyl (C=O) groups is 1. The number of carboxylic acid groups (broad SMARTS) is 1. The van der Waals surface area contributed by atoms with Gasteiger partial charge in [-0.3, -0.25) is 4.98 Å². The van der Waals surface area contributed by atoms with Gasteiger partial charge in [-0.25, -0.2) is 4.79 Å². The number of aliphatic hydroxyl groups excluding tert-OH is 1. The highest BCUT2D eigenvalue weighted by Crippen LogP contribution is 2.26. The van der Waals surface area contributed by atoms with Crippen molar-refractivity contribution >= 4 is 11.7 Å². The Kier molecular flexibility index (Phi) is 4.15. The van der Waals surface area contributed by atoms with Crippen LogP contribution in [0, 0.1) is 0 Å². The van der Waals surface area contributed by atoms with Gasteiger partial charge < -0.3 is 15.1 Å². The number of aromatic carboxylic acids is 1. The minimum atomic E-state index is -0.951. The van der Waals surface area contributed by atoms with Crippen molar-refractivity contribution in [3.05, 3.63) is 24.0 Å². The van der Waals surface area contributed by atoms with Crippen molar-refractivity contribution in [3.8, 4) is 0 Å². The minimum Gasteiger partial charge on any atom is -0.478 e. The molecule has 0 saturated carbocycles. The summed E-state index contributed by atoms with van der Waals surface area (Å²) in [6.07, 6.45) is 7.17. The fraction of sp³-hybridized carbons (Fsp3) is 0.538. The molecule has 0 bridgehead atoms. The second kappa shape index (κ2) is 5.82. The predicted molar refractivity (Wildman–Crippen MR) is 67.9 cm³/mol. The van der Waals surface area contributed by atoms with Gasteiger partial charge in [0, 0.05) is 12.7 Å². The summed E-state index contributed by atoms with van der Waals surface area (Å²) in [4.78, 5) is 17.2. The molecule has 1 unspecified atom stereocenters. The smallest absolute Gasteiger partial charge is 0.337 e. The number of rotatable bonds is 3. The Labute approximate surface area is 106 Å². The third-order valence-corrected chi connectivity index (χ3v) is 3.43. The summed E-state index contributed by atoms with van der Waals surface area (Å²) in [6, 6.07) is 1.51. The monoisotopic (exact) mass is 250 g/mol. The summed E-state index contributed by atoms with van der Waals surface area (Å²) < 4.78 is 0. The quantitative estimate of drug-likeness (QED) is 0.850. The van der Waals surface area contributed by atoms with Crippen LogP contribution in [0.2, 0.25) is 0 Å². The largest absolute Gasteiger partial charge is 0.478 e. The van der Waals surface area contributed by atoms with Crippen LogP contribution < -0.4 is 4.90 Å². The molecule has 1 saturated heterocycles. The Hall–Kier alpha value is -1.62. The zero-order valence-electron chi connectivity index (χ0n) is 10.2. The summed E-state index contributed by atoms with van der Waals surface area (Å²) in [6.45, 7) is 0.825. The van der Waals surface area contributed by atoms with E-state index in [1.807, 2.05) is 4.90 Å². The lowest BCUT2D eigenvalue weighted by Gasteiger charge is -2.31. The molecule has 1 aromatic rings. The van der Waals surface area contributed by atoms with Crippen LogP contribution in [0.25, 0.3) is 0 Å². The molecule has 2 rings (SSSR count). The maximum absolute atomic E-state index is 11.2. The molecule has 98 valence electrons. The number of hydrogen-bond acceptors (Lipinski definition) is 4. The fourth-order valence-corrected chi connectivity index (χ4v) is 2.48. The second-order valence-corrected chi connectivity index (χ2v) is 4.58. The Balaban J connectivity index is 2.35. The van der Waals surface area contributed by atoms with Crippen LogP contribution in [0.3, 0.4) is 0 Å². The van der Waals surface area contributed by atoms with E-state index in [4.69, 9.17) is 0 Å². The van der Waals surface area contributed by atoms with E-state index in [-0.39, 0.29) is 18.2 Å². The van der Waals surface area contributed by atoms with Crippen LogP contribution in [-0.4, -0.2) is 40.4 Å². The average Bonchev–Trinajstić information content (AvgIpc) is 2.63. The molecular formula is C13H18N2O3. The van der Waals surface area contributed by atoms with Gasteiger partial charge in [-0.15, -0.1) is 0 Å². The molecular weight excluding hydrogens is 232 g/mol. The van der Waals surface area contributed by atoms with Gasteiger partial charge in [0.1, 0.15) is 0 Å². The standard InChI is InChI=1S/C13H18N2O3/c16-9-10-4-2-1-3-7-15(10)12-8-14-6-5-11(12)13(17)18/h5-6,8,10,16H,1-4,7,9H2,(H,17,18). The Bertz CT molecular complexity index is 422. The van der Waals surface area contributed by atoms with Crippen molar-refractivity contribution in [1.29, 1.82) is 0 Å². The molecule has 5 nitrogen and oxygen atoms in total. The van der Waals surface area contributed by atoms with Gasteiger partial charge in [0.05, 0.1) is 30.1 Å². The second-order valence-electron chi connectivity index (χ2n) is 4.58. The first-order valence-corrected chi connectivity index (χ1v) is 6.29. The van der Waals surface area contributed by atoms with Gasteiger partial charge >= 0.3 is 5.97 Å². The summed E-state index contributed by atoms with van der Waals surface area (Å²) in [7, 11) is 0.